The molecule has 4 aromatic carbocycles. The number of carbonyl (C=O) groups is 1. The lowest BCUT2D eigenvalue weighted by atomic mass is 10.0. The highest BCUT2D eigenvalue weighted by molar-refractivity contribution is 6.30. The van der Waals surface area contributed by atoms with Crippen LogP contribution >= 0.6 is 11.6 Å². The Balaban J connectivity index is 1.27. The van der Waals surface area contributed by atoms with Crippen LogP contribution in [0.25, 0.3) is 0 Å². The lowest BCUT2D eigenvalue weighted by Crippen LogP contribution is -2.32. The Kier molecular flexibility index (Phi) is 9.33. The second kappa shape index (κ2) is 13.1. The summed E-state index contributed by atoms with van der Waals surface area (Å²) in [6.07, 6.45) is 0.653. The second-order valence-corrected chi connectivity index (χ2v) is 9.18. The van der Waals surface area contributed by atoms with E-state index in [1.807, 2.05) is 60.7 Å². The number of ketones is 1. The minimum atomic E-state index is -0.648. The van der Waals surface area contributed by atoms with Crippen molar-refractivity contribution in [1.29, 1.82) is 0 Å². The van der Waals surface area contributed by atoms with E-state index in [-0.39, 0.29) is 5.78 Å². The Hall–Kier alpha value is -3.64. The third kappa shape index (κ3) is 7.92. The van der Waals surface area contributed by atoms with E-state index in [1.54, 1.807) is 43.5 Å². The summed E-state index contributed by atoms with van der Waals surface area (Å²) in [5.41, 5.74) is 4.30. The van der Waals surface area contributed by atoms with Crippen molar-refractivity contribution in [1.82, 2.24) is 5.32 Å². The van der Waals surface area contributed by atoms with Crippen molar-refractivity contribution in [3.8, 4) is 11.5 Å². The number of carbonyl (C=O) groups excluding carboxylic acids is 1. The first-order valence-corrected chi connectivity index (χ1v) is 12.5. The summed E-state index contributed by atoms with van der Waals surface area (Å²) in [7, 11) is 1.65. The molecule has 5 nitrogen and oxygen atoms in total. The van der Waals surface area contributed by atoms with Gasteiger partial charge in [0.15, 0.2) is 5.78 Å². The molecule has 4 aromatic rings. The molecule has 0 aliphatic heterocycles. The minimum absolute atomic E-state index is 0.0856. The quantitative estimate of drug-likeness (QED) is 0.183. The average molecular weight is 516 g/mol. The number of hydrogen-bond donors (Lipinski definition) is 2. The van der Waals surface area contributed by atoms with Gasteiger partial charge in [0.2, 0.25) is 0 Å². The summed E-state index contributed by atoms with van der Waals surface area (Å²) in [6, 6.07) is 29.9. The molecule has 37 heavy (non-hydrogen) atoms. The summed E-state index contributed by atoms with van der Waals surface area (Å²) < 4.78 is 11.2. The van der Waals surface area contributed by atoms with Gasteiger partial charge in [0.05, 0.1) is 7.11 Å². The molecule has 0 heterocycles. The Labute approximate surface area is 222 Å². The summed E-state index contributed by atoms with van der Waals surface area (Å²) in [5.74, 6) is 1.36. The van der Waals surface area contributed by atoms with Crippen LogP contribution in [0.1, 0.15) is 32.6 Å². The van der Waals surface area contributed by atoms with Crippen molar-refractivity contribution in [2.45, 2.75) is 25.7 Å². The molecule has 0 aliphatic rings. The first-order chi connectivity index (χ1) is 18.0. The lowest BCUT2D eigenvalue weighted by Gasteiger charge is -2.14. The summed E-state index contributed by atoms with van der Waals surface area (Å²) in [4.78, 5) is 12.8. The number of aliphatic hydroxyl groups excluding tert-OH is 1. The molecule has 0 aromatic heterocycles. The van der Waals surface area contributed by atoms with Crippen LogP contribution < -0.4 is 14.8 Å². The maximum absolute atomic E-state index is 12.8. The maximum Gasteiger partial charge on any atom is 0.193 e. The molecule has 0 aliphatic carbocycles. The molecule has 0 fully saturated rings. The number of halogens is 1. The van der Waals surface area contributed by atoms with Crippen LogP contribution in [0, 0.1) is 0 Å². The van der Waals surface area contributed by atoms with Crippen LogP contribution in [0.5, 0.6) is 11.5 Å². The van der Waals surface area contributed by atoms with Gasteiger partial charge in [0.25, 0.3) is 0 Å². The standard InChI is InChI=1S/C31H30ClNO4/c1-36-28-14-8-22(9-15-28)16-17-33-30(34)19-23-4-2-5-24(18-23)21-37-29-7-3-6-26(20-29)31(35)25-10-12-27(32)13-11-25/h2-15,18,20,30,33-34H,16-17,19,21H2,1H3. The van der Waals surface area contributed by atoms with Gasteiger partial charge in [-0.25, -0.2) is 0 Å². The second-order valence-electron chi connectivity index (χ2n) is 8.74. The highest BCUT2D eigenvalue weighted by Crippen LogP contribution is 2.20. The maximum atomic E-state index is 12.8. The van der Waals surface area contributed by atoms with E-state index in [9.17, 15) is 9.90 Å². The number of nitrogens with one attached hydrogen (secondary N) is 1. The highest BCUT2D eigenvalue weighted by Gasteiger charge is 2.11. The van der Waals surface area contributed by atoms with E-state index < -0.39 is 6.23 Å². The molecule has 0 amide bonds. The van der Waals surface area contributed by atoms with Crippen LogP contribution in [-0.4, -0.2) is 30.8 Å². The van der Waals surface area contributed by atoms with Gasteiger partial charge in [-0.05, 0) is 71.6 Å². The smallest absolute Gasteiger partial charge is 0.193 e. The molecule has 2 N–H and O–H groups in total. The van der Waals surface area contributed by atoms with Crippen LogP contribution in [0.3, 0.4) is 0 Å². The van der Waals surface area contributed by atoms with Gasteiger partial charge in [-0.3, -0.25) is 10.1 Å². The molecular formula is C31H30ClNO4. The average Bonchev–Trinajstić information content (AvgIpc) is 2.93. The summed E-state index contributed by atoms with van der Waals surface area (Å²) in [5, 5.41) is 14.2. The molecule has 190 valence electrons. The predicted octanol–water partition coefficient (Wildman–Crippen LogP) is 5.85. The van der Waals surface area contributed by atoms with Crippen molar-refractivity contribution in [2.24, 2.45) is 0 Å². The molecule has 0 radical (unpaired) electrons. The van der Waals surface area contributed by atoms with Gasteiger partial charge in [-0.1, -0.05) is 60.1 Å². The zero-order chi connectivity index (χ0) is 26.0. The minimum Gasteiger partial charge on any atom is -0.497 e. The van der Waals surface area contributed by atoms with Gasteiger partial charge in [-0.2, -0.15) is 0 Å². The van der Waals surface area contributed by atoms with Crippen molar-refractivity contribution < 1.29 is 19.4 Å². The zero-order valence-electron chi connectivity index (χ0n) is 20.7. The Morgan fingerprint density at radius 2 is 1.57 bits per heavy atom. The Bertz CT molecular complexity index is 1310. The van der Waals surface area contributed by atoms with Crippen LogP contribution in [0.4, 0.5) is 0 Å². The van der Waals surface area contributed by atoms with Crippen LogP contribution in [0.15, 0.2) is 97.1 Å². The first-order valence-electron chi connectivity index (χ1n) is 12.2. The Morgan fingerprint density at radius 3 is 2.32 bits per heavy atom. The van der Waals surface area contributed by atoms with E-state index >= 15 is 0 Å². The molecule has 6 heteroatoms. The van der Waals surface area contributed by atoms with Crippen molar-refractivity contribution in [2.75, 3.05) is 13.7 Å². The van der Waals surface area contributed by atoms with E-state index in [2.05, 4.69) is 5.32 Å². The molecule has 0 spiro atoms. The summed E-state index contributed by atoms with van der Waals surface area (Å²) in [6.45, 7) is 1.02. The van der Waals surface area contributed by atoms with E-state index in [0.717, 1.165) is 23.3 Å². The number of rotatable bonds is 12. The van der Waals surface area contributed by atoms with Gasteiger partial charge < -0.3 is 14.6 Å². The van der Waals surface area contributed by atoms with Crippen molar-refractivity contribution in [3.05, 3.63) is 130 Å². The predicted molar refractivity (Wildman–Crippen MR) is 147 cm³/mol. The van der Waals surface area contributed by atoms with Gasteiger partial charge >= 0.3 is 0 Å². The van der Waals surface area contributed by atoms with Gasteiger partial charge in [0, 0.05) is 29.1 Å². The molecular weight excluding hydrogens is 486 g/mol. The van der Waals surface area contributed by atoms with Crippen molar-refractivity contribution in [3.63, 3.8) is 0 Å². The fourth-order valence-electron chi connectivity index (χ4n) is 3.98. The van der Waals surface area contributed by atoms with Crippen LogP contribution in [0.2, 0.25) is 5.02 Å². The fraction of sp³-hybridized carbons (Fsp3) is 0.194. The molecule has 1 atom stereocenters. The highest BCUT2D eigenvalue weighted by atomic mass is 35.5. The zero-order valence-corrected chi connectivity index (χ0v) is 21.4. The SMILES string of the molecule is COc1ccc(CCNC(O)Cc2cccc(COc3cccc(C(=O)c4ccc(Cl)cc4)c3)c2)cc1. The molecule has 0 saturated carbocycles. The summed E-state index contributed by atoms with van der Waals surface area (Å²) >= 11 is 5.93. The van der Waals surface area contributed by atoms with E-state index in [1.165, 1.54) is 5.56 Å². The topological polar surface area (TPSA) is 67.8 Å². The molecule has 1 unspecified atom stereocenters. The van der Waals surface area contributed by atoms with Crippen molar-refractivity contribution >= 4 is 17.4 Å². The van der Waals surface area contributed by atoms with Gasteiger partial charge in [-0.15, -0.1) is 0 Å². The molecule has 0 saturated heterocycles. The number of hydrogen-bond acceptors (Lipinski definition) is 5. The van der Waals surface area contributed by atoms with E-state index in [4.69, 9.17) is 21.1 Å². The number of aliphatic hydroxyl groups is 1. The normalized spacial score (nSPS) is 11.6. The van der Waals surface area contributed by atoms with Gasteiger partial charge in [0.1, 0.15) is 24.3 Å². The first kappa shape index (κ1) is 26.4. The third-order valence-corrected chi connectivity index (χ3v) is 6.23. The molecule has 4 rings (SSSR count). The number of ether oxygens (including phenoxy) is 2. The monoisotopic (exact) mass is 515 g/mol. The largest absolute Gasteiger partial charge is 0.497 e. The van der Waals surface area contributed by atoms with Crippen LogP contribution in [-0.2, 0) is 19.4 Å². The Morgan fingerprint density at radius 1 is 0.838 bits per heavy atom. The van der Waals surface area contributed by atoms with E-state index in [0.29, 0.717) is 41.5 Å². The third-order valence-electron chi connectivity index (χ3n) is 5.98. The number of methoxy groups -OCH3 is 1. The number of benzene rings is 4. The molecule has 0 bridgehead atoms. The fourth-order valence-corrected chi connectivity index (χ4v) is 4.10. The lowest BCUT2D eigenvalue weighted by molar-refractivity contribution is 0.103.